The Kier molecular flexibility index (Phi) is 4.30. The molecule has 2 rings (SSSR count). The Labute approximate surface area is 120 Å². The average molecular weight is 297 g/mol. The predicted octanol–water partition coefficient (Wildman–Crippen LogP) is 4.89. The lowest BCUT2D eigenvalue weighted by molar-refractivity contribution is -0.141. The van der Waals surface area contributed by atoms with E-state index in [0.717, 1.165) is 11.6 Å². The first-order chi connectivity index (χ1) is 9.77. The molecule has 0 N–H and O–H groups in total. The highest BCUT2D eigenvalue weighted by Gasteiger charge is 2.32. The number of alkyl halides is 3. The first kappa shape index (κ1) is 15.5. The molecule has 0 radical (unpaired) electrons. The van der Waals surface area contributed by atoms with Gasteiger partial charge in [-0.2, -0.15) is 13.2 Å². The zero-order valence-corrected chi connectivity index (χ0v) is 11.7. The number of halogens is 4. The van der Waals surface area contributed by atoms with Crippen LogP contribution in [0.3, 0.4) is 0 Å². The molecule has 0 bridgehead atoms. The van der Waals surface area contributed by atoms with Gasteiger partial charge in [-0.25, -0.2) is 4.39 Å². The zero-order valence-electron chi connectivity index (χ0n) is 11.7. The number of aryl methyl sites for hydroxylation is 1. The first-order valence-corrected chi connectivity index (χ1v) is 6.55. The summed E-state index contributed by atoms with van der Waals surface area (Å²) < 4.78 is 51.1. The second-order valence-corrected chi connectivity index (χ2v) is 5.17. The van der Waals surface area contributed by atoms with Crippen molar-refractivity contribution in [2.75, 3.05) is 0 Å². The van der Waals surface area contributed by atoms with Crippen molar-refractivity contribution in [3.63, 3.8) is 0 Å². The molecule has 112 valence electrons. The Morgan fingerprint density at radius 1 is 1.14 bits per heavy atom. The number of aromatic nitrogens is 1. The van der Waals surface area contributed by atoms with E-state index in [1.54, 1.807) is 12.1 Å². The molecule has 0 saturated carbocycles. The van der Waals surface area contributed by atoms with Crippen molar-refractivity contribution in [2.24, 2.45) is 0 Å². The van der Waals surface area contributed by atoms with Crippen LogP contribution in [0.1, 0.15) is 35.2 Å². The van der Waals surface area contributed by atoms with Gasteiger partial charge in [-0.05, 0) is 42.5 Å². The maximum absolute atomic E-state index is 13.7. The van der Waals surface area contributed by atoms with Gasteiger partial charge in [0.05, 0.1) is 0 Å². The molecule has 5 heteroatoms. The van der Waals surface area contributed by atoms with Crippen molar-refractivity contribution in [1.82, 2.24) is 4.98 Å². The van der Waals surface area contributed by atoms with Crippen LogP contribution in [-0.2, 0) is 12.6 Å². The van der Waals surface area contributed by atoms with E-state index in [2.05, 4.69) is 4.98 Å². The van der Waals surface area contributed by atoms with E-state index < -0.39 is 11.9 Å². The smallest absolute Gasteiger partial charge is 0.251 e. The fourth-order valence-corrected chi connectivity index (χ4v) is 2.17. The van der Waals surface area contributed by atoms with Gasteiger partial charge in [-0.3, -0.25) is 4.98 Å². The summed E-state index contributed by atoms with van der Waals surface area (Å²) in [7, 11) is 0. The van der Waals surface area contributed by atoms with Crippen molar-refractivity contribution in [1.29, 1.82) is 0 Å². The van der Waals surface area contributed by atoms with Crippen LogP contribution < -0.4 is 0 Å². The van der Waals surface area contributed by atoms with Crippen LogP contribution in [0.5, 0.6) is 0 Å². The highest BCUT2D eigenvalue weighted by molar-refractivity contribution is 5.27. The lowest BCUT2D eigenvalue weighted by Crippen LogP contribution is -2.09. The van der Waals surface area contributed by atoms with Gasteiger partial charge in [0.1, 0.15) is 11.5 Å². The van der Waals surface area contributed by atoms with E-state index >= 15 is 0 Å². The monoisotopic (exact) mass is 297 g/mol. The zero-order chi connectivity index (χ0) is 15.6. The summed E-state index contributed by atoms with van der Waals surface area (Å²) in [6.07, 6.45) is -2.81. The number of benzene rings is 1. The van der Waals surface area contributed by atoms with E-state index in [9.17, 15) is 17.6 Å². The molecule has 1 aromatic heterocycles. The van der Waals surface area contributed by atoms with Gasteiger partial charge < -0.3 is 0 Å². The molecule has 0 aliphatic carbocycles. The maximum Gasteiger partial charge on any atom is 0.433 e. The summed E-state index contributed by atoms with van der Waals surface area (Å²) in [5, 5.41) is 0. The van der Waals surface area contributed by atoms with Crippen LogP contribution >= 0.6 is 0 Å². The lowest BCUT2D eigenvalue weighted by atomic mass is 9.94. The molecule has 1 atom stereocenters. The summed E-state index contributed by atoms with van der Waals surface area (Å²) in [6, 6.07) is 7.20. The molecule has 1 aromatic carbocycles. The predicted molar refractivity (Wildman–Crippen MR) is 72.5 cm³/mol. The Morgan fingerprint density at radius 2 is 1.86 bits per heavy atom. The van der Waals surface area contributed by atoms with Crippen molar-refractivity contribution >= 4 is 0 Å². The van der Waals surface area contributed by atoms with E-state index in [1.807, 2.05) is 13.8 Å². The first-order valence-electron chi connectivity index (χ1n) is 6.55. The molecule has 1 nitrogen and oxygen atoms in total. The molecule has 2 aromatic rings. The fourth-order valence-electron chi connectivity index (χ4n) is 2.17. The summed E-state index contributed by atoms with van der Waals surface area (Å²) in [5.41, 5.74) is 1.25. The molecular weight excluding hydrogens is 282 g/mol. The standard InChI is InChI=1S/C16H15F4N/c1-10-3-5-14(17)13(7-10)8-11(2)12-4-6-15(21-9-12)16(18,19)20/h3-7,9,11H,8H2,1-2H3/t11-/m1/s1. The van der Waals surface area contributed by atoms with Gasteiger partial charge in [0.2, 0.25) is 0 Å². The number of pyridine rings is 1. The number of nitrogens with zero attached hydrogens (tertiary/aromatic N) is 1. The summed E-state index contributed by atoms with van der Waals surface area (Å²) >= 11 is 0. The molecule has 1 heterocycles. The minimum atomic E-state index is -4.44. The number of rotatable bonds is 3. The van der Waals surface area contributed by atoms with Gasteiger partial charge in [0.25, 0.3) is 0 Å². The Balaban J connectivity index is 2.17. The summed E-state index contributed by atoms with van der Waals surface area (Å²) in [5.74, 6) is -0.414. The van der Waals surface area contributed by atoms with Crippen molar-refractivity contribution in [2.45, 2.75) is 32.4 Å². The Hall–Kier alpha value is -1.91. The second kappa shape index (κ2) is 5.84. The van der Waals surface area contributed by atoms with Crippen LogP contribution in [0.15, 0.2) is 36.5 Å². The molecule has 0 fully saturated rings. The fraction of sp³-hybridized carbons (Fsp3) is 0.312. The topological polar surface area (TPSA) is 12.9 Å². The number of hydrogen-bond acceptors (Lipinski definition) is 1. The van der Waals surface area contributed by atoms with Gasteiger partial charge in [-0.15, -0.1) is 0 Å². The van der Waals surface area contributed by atoms with Crippen LogP contribution in [0.4, 0.5) is 17.6 Å². The molecular formula is C16H15F4N. The minimum absolute atomic E-state index is 0.115. The Bertz CT molecular complexity index is 617. The van der Waals surface area contributed by atoms with Gasteiger partial charge in [-0.1, -0.05) is 30.7 Å². The molecule has 0 unspecified atom stereocenters. The third-order valence-corrected chi connectivity index (χ3v) is 3.37. The average Bonchev–Trinajstić information content (AvgIpc) is 2.42. The largest absolute Gasteiger partial charge is 0.433 e. The quantitative estimate of drug-likeness (QED) is 0.735. The van der Waals surface area contributed by atoms with E-state index in [0.29, 0.717) is 17.5 Å². The lowest BCUT2D eigenvalue weighted by Gasteiger charge is -2.14. The van der Waals surface area contributed by atoms with E-state index in [4.69, 9.17) is 0 Å². The molecule has 0 amide bonds. The van der Waals surface area contributed by atoms with Gasteiger partial charge >= 0.3 is 6.18 Å². The third kappa shape index (κ3) is 3.80. The molecule has 0 aliphatic heterocycles. The second-order valence-electron chi connectivity index (χ2n) is 5.17. The van der Waals surface area contributed by atoms with Crippen LogP contribution in [0, 0.1) is 12.7 Å². The van der Waals surface area contributed by atoms with Crippen molar-refractivity contribution in [3.8, 4) is 0 Å². The third-order valence-electron chi connectivity index (χ3n) is 3.37. The van der Waals surface area contributed by atoms with E-state index in [1.165, 1.54) is 18.3 Å². The molecule has 0 aliphatic rings. The van der Waals surface area contributed by atoms with Gasteiger partial charge in [0.15, 0.2) is 0 Å². The van der Waals surface area contributed by atoms with Crippen molar-refractivity contribution in [3.05, 3.63) is 64.7 Å². The molecule has 21 heavy (non-hydrogen) atoms. The Morgan fingerprint density at radius 3 is 2.43 bits per heavy atom. The van der Waals surface area contributed by atoms with Crippen LogP contribution in [0.2, 0.25) is 0 Å². The highest BCUT2D eigenvalue weighted by Crippen LogP contribution is 2.29. The summed E-state index contributed by atoms with van der Waals surface area (Å²) in [4.78, 5) is 3.43. The molecule has 0 saturated heterocycles. The number of hydrogen-bond donors (Lipinski definition) is 0. The maximum atomic E-state index is 13.7. The van der Waals surface area contributed by atoms with Crippen molar-refractivity contribution < 1.29 is 17.6 Å². The minimum Gasteiger partial charge on any atom is -0.251 e. The summed E-state index contributed by atoms with van der Waals surface area (Å²) in [6.45, 7) is 3.71. The highest BCUT2D eigenvalue weighted by atomic mass is 19.4. The van der Waals surface area contributed by atoms with Crippen LogP contribution in [-0.4, -0.2) is 4.98 Å². The van der Waals surface area contributed by atoms with Gasteiger partial charge in [0, 0.05) is 6.20 Å². The van der Waals surface area contributed by atoms with Crippen LogP contribution in [0.25, 0.3) is 0 Å². The normalized spacial score (nSPS) is 13.2. The van der Waals surface area contributed by atoms with E-state index in [-0.39, 0.29) is 11.7 Å². The molecule has 0 spiro atoms. The SMILES string of the molecule is Cc1ccc(F)c(C[C@@H](C)c2ccc(C(F)(F)F)nc2)c1.